The Bertz CT molecular complexity index is 1210. The van der Waals surface area contributed by atoms with Crippen molar-refractivity contribution in [2.75, 3.05) is 14.1 Å². The number of para-hydroxylation sites is 1. The lowest BCUT2D eigenvalue weighted by Gasteiger charge is -2.13. The zero-order valence-electron chi connectivity index (χ0n) is 19.0. The van der Waals surface area contributed by atoms with Crippen molar-refractivity contribution in [2.24, 2.45) is 10.7 Å². The Morgan fingerprint density at radius 2 is 1.56 bits per heavy atom. The van der Waals surface area contributed by atoms with Gasteiger partial charge in [0, 0.05) is 30.8 Å². The molecule has 1 amide bonds. The Morgan fingerprint density at radius 1 is 0.906 bits per heavy atom. The average Bonchev–Trinajstić information content (AvgIpc) is 2.73. The summed E-state index contributed by atoms with van der Waals surface area (Å²) in [7, 11) is 3.43. The third-order valence-electron chi connectivity index (χ3n) is 5.10. The molecular formula is C26H27N3O3. The van der Waals surface area contributed by atoms with Crippen LogP contribution in [0.5, 0.6) is 5.75 Å². The standard InChI is InChI=1S/C26H27N3O3/c1-16-14-19(10-12-21(16)18(3)30)23-8-6-7-9-24(23)32-26(27)28-20-11-13-22(17(2)15-20)25(31)29(4)5/h6-15H,1-5H3,(H2,27,28). The summed E-state index contributed by atoms with van der Waals surface area (Å²) >= 11 is 0. The minimum Gasteiger partial charge on any atom is -0.425 e. The van der Waals surface area contributed by atoms with Gasteiger partial charge in [-0.1, -0.05) is 36.4 Å². The predicted octanol–water partition coefficient (Wildman–Crippen LogP) is 4.90. The van der Waals surface area contributed by atoms with Crippen LogP contribution < -0.4 is 10.5 Å². The summed E-state index contributed by atoms with van der Waals surface area (Å²) in [6.45, 7) is 5.32. The van der Waals surface area contributed by atoms with Crippen LogP contribution in [-0.2, 0) is 0 Å². The first-order valence-electron chi connectivity index (χ1n) is 10.2. The van der Waals surface area contributed by atoms with Crippen molar-refractivity contribution < 1.29 is 14.3 Å². The van der Waals surface area contributed by atoms with Crippen LogP contribution in [0.25, 0.3) is 11.1 Å². The van der Waals surface area contributed by atoms with Gasteiger partial charge in [-0.15, -0.1) is 0 Å². The number of ketones is 1. The van der Waals surface area contributed by atoms with Gasteiger partial charge in [-0.25, -0.2) is 0 Å². The molecule has 3 rings (SSSR count). The topological polar surface area (TPSA) is 85.0 Å². The second-order valence-corrected chi connectivity index (χ2v) is 7.83. The number of amidine groups is 1. The fraction of sp³-hybridized carbons (Fsp3) is 0.192. The Morgan fingerprint density at radius 3 is 2.19 bits per heavy atom. The molecule has 3 aromatic carbocycles. The van der Waals surface area contributed by atoms with E-state index in [2.05, 4.69) is 4.99 Å². The predicted molar refractivity (Wildman–Crippen MR) is 128 cm³/mol. The summed E-state index contributed by atoms with van der Waals surface area (Å²) in [5.74, 6) is 0.519. The summed E-state index contributed by atoms with van der Waals surface area (Å²) in [5.41, 5.74) is 11.4. The molecule has 0 saturated carbocycles. The monoisotopic (exact) mass is 429 g/mol. The molecular weight excluding hydrogens is 402 g/mol. The first-order valence-corrected chi connectivity index (χ1v) is 10.2. The summed E-state index contributed by atoms with van der Waals surface area (Å²) in [5, 5.41) is 0. The number of aliphatic imine (C=N–C) groups is 1. The van der Waals surface area contributed by atoms with Gasteiger partial charge >= 0.3 is 0 Å². The quantitative estimate of drug-likeness (QED) is 0.355. The van der Waals surface area contributed by atoms with Gasteiger partial charge in [0.15, 0.2) is 5.78 Å². The van der Waals surface area contributed by atoms with Crippen LogP contribution >= 0.6 is 0 Å². The van der Waals surface area contributed by atoms with Gasteiger partial charge in [0.05, 0.1) is 5.69 Å². The lowest BCUT2D eigenvalue weighted by molar-refractivity contribution is 0.0826. The molecule has 2 N–H and O–H groups in total. The van der Waals surface area contributed by atoms with Gasteiger partial charge in [-0.05, 0) is 61.7 Å². The van der Waals surface area contributed by atoms with Crippen LogP contribution in [0.15, 0.2) is 65.7 Å². The van der Waals surface area contributed by atoms with E-state index in [0.29, 0.717) is 22.6 Å². The third-order valence-corrected chi connectivity index (χ3v) is 5.10. The van der Waals surface area contributed by atoms with E-state index in [4.69, 9.17) is 10.5 Å². The van der Waals surface area contributed by atoms with Crippen molar-refractivity contribution in [1.82, 2.24) is 4.90 Å². The molecule has 0 heterocycles. The molecule has 0 spiro atoms. The fourth-order valence-corrected chi connectivity index (χ4v) is 3.48. The molecule has 3 aromatic rings. The molecule has 6 heteroatoms. The number of aryl methyl sites for hydroxylation is 2. The Labute approximate surface area is 188 Å². The molecule has 0 unspecified atom stereocenters. The summed E-state index contributed by atoms with van der Waals surface area (Å²) in [6.07, 6.45) is 0. The van der Waals surface area contributed by atoms with Crippen LogP contribution in [0.1, 0.15) is 38.8 Å². The van der Waals surface area contributed by atoms with E-state index in [1.807, 2.05) is 56.3 Å². The van der Waals surface area contributed by atoms with E-state index >= 15 is 0 Å². The van der Waals surface area contributed by atoms with Crippen LogP contribution in [-0.4, -0.2) is 36.7 Å². The van der Waals surface area contributed by atoms with E-state index in [-0.39, 0.29) is 17.7 Å². The van der Waals surface area contributed by atoms with E-state index in [1.165, 1.54) is 4.90 Å². The van der Waals surface area contributed by atoms with Crippen molar-refractivity contribution in [3.63, 3.8) is 0 Å². The number of carbonyl (C=O) groups is 2. The number of ether oxygens (including phenoxy) is 1. The zero-order chi connectivity index (χ0) is 23.4. The number of amides is 1. The number of hydrogen-bond acceptors (Lipinski definition) is 4. The molecule has 164 valence electrons. The highest BCUT2D eigenvalue weighted by Crippen LogP contribution is 2.31. The van der Waals surface area contributed by atoms with Crippen LogP contribution in [0, 0.1) is 13.8 Å². The number of carbonyl (C=O) groups excluding carboxylic acids is 2. The maximum Gasteiger partial charge on any atom is 0.292 e. The summed E-state index contributed by atoms with van der Waals surface area (Å²) < 4.78 is 5.86. The third kappa shape index (κ3) is 5.03. The summed E-state index contributed by atoms with van der Waals surface area (Å²) in [4.78, 5) is 29.8. The molecule has 6 nitrogen and oxygen atoms in total. The molecule has 0 atom stereocenters. The highest BCUT2D eigenvalue weighted by molar-refractivity contribution is 5.96. The number of benzene rings is 3. The minimum atomic E-state index is -0.0673. The van der Waals surface area contributed by atoms with Crippen LogP contribution in [0.2, 0.25) is 0 Å². The van der Waals surface area contributed by atoms with Crippen LogP contribution in [0.4, 0.5) is 5.69 Å². The molecule has 0 aliphatic carbocycles. The number of hydrogen-bond donors (Lipinski definition) is 1. The lowest BCUT2D eigenvalue weighted by atomic mass is 9.98. The molecule has 0 fully saturated rings. The molecule has 0 saturated heterocycles. The minimum absolute atomic E-state index is 0.0133. The Balaban J connectivity index is 1.88. The molecule has 32 heavy (non-hydrogen) atoms. The Hall–Kier alpha value is -3.93. The highest BCUT2D eigenvalue weighted by atomic mass is 16.5. The smallest absolute Gasteiger partial charge is 0.292 e. The molecule has 0 aliphatic rings. The van der Waals surface area contributed by atoms with Gasteiger partial charge in [-0.2, -0.15) is 4.99 Å². The molecule has 0 aliphatic heterocycles. The van der Waals surface area contributed by atoms with Gasteiger partial charge in [-0.3, -0.25) is 9.59 Å². The molecule has 0 bridgehead atoms. The van der Waals surface area contributed by atoms with Crippen molar-refractivity contribution in [3.05, 3.63) is 82.9 Å². The second kappa shape index (κ2) is 9.47. The number of rotatable bonds is 5. The van der Waals surface area contributed by atoms with E-state index in [1.54, 1.807) is 39.2 Å². The largest absolute Gasteiger partial charge is 0.425 e. The second-order valence-electron chi connectivity index (χ2n) is 7.83. The van der Waals surface area contributed by atoms with Crippen molar-refractivity contribution in [2.45, 2.75) is 20.8 Å². The van der Waals surface area contributed by atoms with Gasteiger partial charge in [0.1, 0.15) is 5.75 Å². The number of Topliss-reactive ketones (excluding diaryl/α,β-unsaturated/α-hetero) is 1. The number of nitrogens with two attached hydrogens (primary N) is 1. The first kappa shape index (κ1) is 22.7. The van der Waals surface area contributed by atoms with Crippen molar-refractivity contribution >= 4 is 23.4 Å². The SMILES string of the molecule is CC(=O)c1ccc(-c2ccccc2OC(N)=Nc2ccc(C(=O)N(C)C)c(C)c2)cc1C. The maximum atomic E-state index is 12.2. The normalized spacial score (nSPS) is 11.2. The van der Waals surface area contributed by atoms with Gasteiger partial charge < -0.3 is 15.4 Å². The van der Waals surface area contributed by atoms with Crippen LogP contribution in [0.3, 0.4) is 0 Å². The molecule has 0 radical (unpaired) electrons. The first-order chi connectivity index (χ1) is 15.2. The van der Waals surface area contributed by atoms with Gasteiger partial charge in [0.25, 0.3) is 11.9 Å². The van der Waals surface area contributed by atoms with E-state index in [9.17, 15) is 9.59 Å². The van der Waals surface area contributed by atoms with E-state index < -0.39 is 0 Å². The lowest BCUT2D eigenvalue weighted by Crippen LogP contribution is -2.22. The number of nitrogens with zero attached hydrogens (tertiary/aromatic N) is 2. The van der Waals surface area contributed by atoms with Crippen molar-refractivity contribution in [1.29, 1.82) is 0 Å². The summed E-state index contributed by atoms with van der Waals surface area (Å²) in [6, 6.07) is 18.4. The van der Waals surface area contributed by atoms with Crippen molar-refractivity contribution in [3.8, 4) is 16.9 Å². The maximum absolute atomic E-state index is 12.2. The van der Waals surface area contributed by atoms with E-state index in [0.717, 1.165) is 22.3 Å². The average molecular weight is 430 g/mol. The Kier molecular flexibility index (Phi) is 6.73. The highest BCUT2D eigenvalue weighted by Gasteiger charge is 2.13. The fourth-order valence-electron chi connectivity index (χ4n) is 3.48. The van der Waals surface area contributed by atoms with Gasteiger partial charge in [0.2, 0.25) is 0 Å². The zero-order valence-corrected chi connectivity index (χ0v) is 19.0. The molecule has 0 aromatic heterocycles.